The van der Waals surface area contributed by atoms with E-state index in [-0.39, 0.29) is 18.4 Å². The topological polar surface area (TPSA) is 71.1 Å². The van der Waals surface area contributed by atoms with Crippen LogP contribution in [0.15, 0.2) is 42.5 Å². The number of carbonyl (C=O) groups excluding carboxylic acids is 2. The first-order valence-electron chi connectivity index (χ1n) is 6.63. The van der Waals surface area contributed by atoms with Gasteiger partial charge >= 0.3 is 0 Å². The molecule has 0 aliphatic carbocycles. The summed E-state index contributed by atoms with van der Waals surface area (Å²) in [5.74, 6) is -0.107. The van der Waals surface area contributed by atoms with Gasteiger partial charge in [0.1, 0.15) is 5.82 Å². The number of anilines is 1. The lowest BCUT2D eigenvalue weighted by molar-refractivity contribution is -0.115. The average molecular weight is 283 g/mol. The second-order valence-corrected chi connectivity index (χ2v) is 4.76. The van der Waals surface area contributed by atoms with Crippen molar-refractivity contribution < 1.29 is 9.59 Å². The number of benzene rings is 1. The first kappa shape index (κ1) is 14.7. The predicted molar refractivity (Wildman–Crippen MR) is 81.1 cm³/mol. The third-order valence-electron chi connectivity index (χ3n) is 2.85. The van der Waals surface area contributed by atoms with Gasteiger partial charge in [-0.15, -0.1) is 0 Å². The summed E-state index contributed by atoms with van der Waals surface area (Å²) in [6.45, 7) is 3.66. The summed E-state index contributed by atoms with van der Waals surface area (Å²) < 4.78 is 0. The number of carbonyl (C=O) groups is 2. The van der Waals surface area contributed by atoms with E-state index >= 15 is 0 Å². The van der Waals surface area contributed by atoms with Crippen LogP contribution in [0.2, 0.25) is 0 Å². The highest BCUT2D eigenvalue weighted by Crippen LogP contribution is 2.04. The van der Waals surface area contributed by atoms with Crippen LogP contribution in [0.5, 0.6) is 0 Å². The fourth-order valence-corrected chi connectivity index (χ4v) is 1.85. The van der Waals surface area contributed by atoms with Gasteiger partial charge in [0.2, 0.25) is 5.91 Å². The van der Waals surface area contributed by atoms with Crippen molar-refractivity contribution in [1.82, 2.24) is 10.3 Å². The Balaban J connectivity index is 1.88. The molecule has 5 nitrogen and oxygen atoms in total. The number of pyridine rings is 1. The minimum atomic E-state index is -0.311. The highest BCUT2D eigenvalue weighted by molar-refractivity contribution is 5.99. The molecule has 2 aromatic rings. The molecule has 0 unspecified atom stereocenters. The van der Waals surface area contributed by atoms with Crippen molar-refractivity contribution in [2.45, 2.75) is 13.8 Å². The summed E-state index contributed by atoms with van der Waals surface area (Å²) in [6.07, 6.45) is 0. The first-order valence-corrected chi connectivity index (χ1v) is 6.63. The van der Waals surface area contributed by atoms with E-state index in [0.29, 0.717) is 11.4 Å². The molecule has 2 N–H and O–H groups in total. The molecule has 1 heterocycles. The van der Waals surface area contributed by atoms with Crippen molar-refractivity contribution in [2.24, 2.45) is 0 Å². The standard InChI is InChI=1S/C16H17N3O2/c1-11-5-3-7-13(9-11)16(21)17-10-15(20)19-14-8-4-6-12(2)18-14/h3-9H,10H2,1-2H3,(H,17,21)(H,18,19,20). The van der Waals surface area contributed by atoms with Crippen molar-refractivity contribution in [1.29, 1.82) is 0 Å². The van der Waals surface area contributed by atoms with Gasteiger partial charge in [0, 0.05) is 11.3 Å². The molecule has 0 aliphatic heterocycles. The zero-order valence-corrected chi connectivity index (χ0v) is 12.0. The van der Waals surface area contributed by atoms with Crippen LogP contribution in [-0.4, -0.2) is 23.3 Å². The zero-order valence-electron chi connectivity index (χ0n) is 12.0. The van der Waals surface area contributed by atoms with Gasteiger partial charge in [-0.1, -0.05) is 23.8 Å². The lowest BCUT2D eigenvalue weighted by Gasteiger charge is -2.07. The monoisotopic (exact) mass is 283 g/mol. The quantitative estimate of drug-likeness (QED) is 0.902. The molecule has 21 heavy (non-hydrogen) atoms. The maximum atomic E-state index is 11.9. The summed E-state index contributed by atoms with van der Waals surface area (Å²) in [7, 11) is 0. The normalized spacial score (nSPS) is 10.0. The maximum absolute atomic E-state index is 11.9. The fourth-order valence-electron chi connectivity index (χ4n) is 1.85. The summed E-state index contributed by atoms with van der Waals surface area (Å²) in [5.41, 5.74) is 2.35. The molecule has 2 rings (SSSR count). The van der Waals surface area contributed by atoms with E-state index in [1.807, 2.05) is 32.0 Å². The number of aromatic nitrogens is 1. The van der Waals surface area contributed by atoms with E-state index in [2.05, 4.69) is 15.6 Å². The number of aryl methyl sites for hydroxylation is 2. The van der Waals surface area contributed by atoms with Gasteiger partial charge in [0.05, 0.1) is 6.54 Å². The van der Waals surface area contributed by atoms with E-state index in [0.717, 1.165) is 11.3 Å². The Kier molecular flexibility index (Phi) is 4.66. The SMILES string of the molecule is Cc1cccc(C(=O)NCC(=O)Nc2cccc(C)n2)c1. The second-order valence-electron chi connectivity index (χ2n) is 4.76. The molecular weight excluding hydrogens is 266 g/mol. The van der Waals surface area contributed by atoms with Crippen LogP contribution in [-0.2, 0) is 4.79 Å². The van der Waals surface area contributed by atoms with Gasteiger partial charge in [0.25, 0.3) is 5.91 Å². The molecule has 0 bridgehead atoms. The number of hydrogen-bond acceptors (Lipinski definition) is 3. The van der Waals surface area contributed by atoms with E-state index in [1.165, 1.54) is 0 Å². The van der Waals surface area contributed by atoms with Crippen LogP contribution in [0.25, 0.3) is 0 Å². The molecule has 0 saturated carbocycles. The number of amides is 2. The van der Waals surface area contributed by atoms with Gasteiger partial charge in [-0.3, -0.25) is 9.59 Å². The molecule has 0 saturated heterocycles. The molecule has 0 aliphatic rings. The van der Waals surface area contributed by atoms with E-state index in [1.54, 1.807) is 24.3 Å². The molecule has 5 heteroatoms. The number of hydrogen-bond donors (Lipinski definition) is 2. The van der Waals surface area contributed by atoms with Crippen LogP contribution in [0, 0.1) is 13.8 Å². The van der Waals surface area contributed by atoms with Crippen molar-refractivity contribution in [2.75, 3.05) is 11.9 Å². The summed E-state index contributed by atoms with van der Waals surface area (Å²) in [6, 6.07) is 12.6. The van der Waals surface area contributed by atoms with Gasteiger partial charge < -0.3 is 10.6 Å². The third kappa shape index (κ3) is 4.42. The van der Waals surface area contributed by atoms with E-state index in [9.17, 15) is 9.59 Å². The van der Waals surface area contributed by atoms with Crippen LogP contribution in [0.1, 0.15) is 21.6 Å². The van der Waals surface area contributed by atoms with Crippen molar-refractivity contribution in [3.8, 4) is 0 Å². The van der Waals surface area contributed by atoms with Crippen LogP contribution < -0.4 is 10.6 Å². The van der Waals surface area contributed by atoms with Gasteiger partial charge in [-0.25, -0.2) is 4.98 Å². The molecule has 108 valence electrons. The third-order valence-corrected chi connectivity index (χ3v) is 2.85. The summed E-state index contributed by atoms with van der Waals surface area (Å²) >= 11 is 0. The lowest BCUT2D eigenvalue weighted by Crippen LogP contribution is -2.33. The van der Waals surface area contributed by atoms with Crippen LogP contribution in [0.3, 0.4) is 0 Å². The van der Waals surface area contributed by atoms with Crippen molar-refractivity contribution in [3.63, 3.8) is 0 Å². The number of nitrogens with zero attached hydrogens (tertiary/aromatic N) is 1. The minimum Gasteiger partial charge on any atom is -0.343 e. The van der Waals surface area contributed by atoms with Crippen LogP contribution in [0.4, 0.5) is 5.82 Å². The Morgan fingerprint density at radius 2 is 1.86 bits per heavy atom. The van der Waals surface area contributed by atoms with Crippen molar-refractivity contribution in [3.05, 3.63) is 59.3 Å². The molecule has 2 amide bonds. The molecule has 0 radical (unpaired) electrons. The molecule has 0 spiro atoms. The van der Waals surface area contributed by atoms with Gasteiger partial charge in [0.15, 0.2) is 0 Å². The largest absolute Gasteiger partial charge is 0.343 e. The molecule has 0 fully saturated rings. The Morgan fingerprint density at radius 3 is 2.57 bits per heavy atom. The highest BCUT2D eigenvalue weighted by atomic mass is 16.2. The molecule has 1 aromatic heterocycles. The molecular formula is C16H17N3O2. The fraction of sp³-hybridized carbons (Fsp3) is 0.188. The predicted octanol–water partition coefficient (Wildman–Crippen LogP) is 2.07. The maximum Gasteiger partial charge on any atom is 0.251 e. The van der Waals surface area contributed by atoms with Gasteiger partial charge in [-0.05, 0) is 38.1 Å². The van der Waals surface area contributed by atoms with E-state index < -0.39 is 0 Å². The lowest BCUT2D eigenvalue weighted by atomic mass is 10.1. The second kappa shape index (κ2) is 6.65. The summed E-state index contributed by atoms with van der Waals surface area (Å²) in [5, 5.41) is 5.22. The zero-order chi connectivity index (χ0) is 15.2. The average Bonchev–Trinajstić information content (AvgIpc) is 2.45. The minimum absolute atomic E-state index is 0.0948. The molecule has 1 aromatic carbocycles. The molecule has 0 atom stereocenters. The smallest absolute Gasteiger partial charge is 0.251 e. The highest BCUT2D eigenvalue weighted by Gasteiger charge is 2.08. The van der Waals surface area contributed by atoms with Crippen molar-refractivity contribution >= 4 is 17.6 Å². The number of rotatable bonds is 4. The number of nitrogens with one attached hydrogen (secondary N) is 2. The Morgan fingerprint density at radius 1 is 1.10 bits per heavy atom. The summed E-state index contributed by atoms with van der Waals surface area (Å²) in [4.78, 5) is 27.8. The van der Waals surface area contributed by atoms with E-state index in [4.69, 9.17) is 0 Å². The Labute approximate surface area is 123 Å². The van der Waals surface area contributed by atoms with Crippen LogP contribution >= 0.6 is 0 Å². The first-order chi connectivity index (χ1) is 10.0. The van der Waals surface area contributed by atoms with Gasteiger partial charge in [-0.2, -0.15) is 0 Å². The Hall–Kier alpha value is -2.69. The Bertz CT molecular complexity index is 668.